The van der Waals surface area contributed by atoms with E-state index in [1.807, 2.05) is 41.3 Å². The second-order valence-electron chi connectivity index (χ2n) is 7.01. The maximum atomic E-state index is 12.2. The zero-order chi connectivity index (χ0) is 19.2. The molecule has 0 unspecified atom stereocenters. The zero-order valence-electron chi connectivity index (χ0n) is 16.1. The summed E-state index contributed by atoms with van der Waals surface area (Å²) >= 11 is 0. The molecule has 1 heterocycles. The number of carbonyl (C=O) groups excluding carboxylic acids is 2. The van der Waals surface area contributed by atoms with Crippen LogP contribution >= 0.6 is 0 Å². The SMILES string of the molecule is CC(=O)N1CCN(c2ccc(NC(=O)CCc3ccccc3C)cc2)CC1. The van der Waals surface area contributed by atoms with Crippen LogP contribution in [-0.2, 0) is 16.0 Å². The Labute approximate surface area is 161 Å². The van der Waals surface area contributed by atoms with Gasteiger partial charge in [0.05, 0.1) is 0 Å². The summed E-state index contributed by atoms with van der Waals surface area (Å²) in [5, 5.41) is 2.97. The average Bonchev–Trinajstić information content (AvgIpc) is 2.68. The van der Waals surface area contributed by atoms with Crippen molar-refractivity contribution in [3.8, 4) is 0 Å². The van der Waals surface area contributed by atoms with Crippen molar-refractivity contribution < 1.29 is 9.59 Å². The van der Waals surface area contributed by atoms with Crippen LogP contribution in [0.1, 0.15) is 24.5 Å². The highest BCUT2D eigenvalue weighted by Gasteiger charge is 2.18. The van der Waals surface area contributed by atoms with Crippen LogP contribution in [0.5, 0.6) is 0 Å². The van der Waals surface area contributed by atoms with E-state index in [2.05, 4.69) is 29.3 Å². The van der Waals surface area contributed by atoms with Gasteiger partial charge in [0.15, 0.2) is 0 Å². The molecule has 5 nitrogen and oxygen atoms in total. The fourth-order valence-electron chi connectivity index (χ4n) is 3.40. The molecule has 1 saturated heterocycles. The van der Waals surface area contributed by atoms with Gasteiger partial charge in [0.1, 0.15) is 0 Å². The minimum absolute atomic E-state index is 0.0288. The number of amides is 2. The summed E-state index contributed by atoms with van der Waals surface area (Å²) in [5.41, 5.74) is 4.37. The Bertz CT molecular complexity index is 793. The molecule has 0 bridgehead atoms. The van der Waals surface area contributed by atoms with E-state index in [-0.39, 0.29) is 11.8 Å². The molecule has 1 aliphatic rings. The highest BCUT2D eigenvalue weighted by atomic mass is 16.2. The molecule has 5 heteroatoms. The molecular weight excluding hydrogens is 338 g/mol. The van der Waals surface area contributed by atoms with Crippen LogP contribution < -0.4 is 10.2 Å². The van der Waals surface area contributed by atoms with E-state index >= 15 is 0 Å². The van der Waals surface area contributed by atoms with Gasteiger partial charge in [0.25, 0.3) is 0 Å². The lowest BCUT2D eigenvalue weighted by Crippen LogP contribution is -2.48. The molecule has 2 aromatic carbocycles. The quantitative estimate of drug-likeness (QED) is 0.885. The first kappa shape index (κ1) is 19.0. The number of hydrogen-bond acceptors (Lipinski definition) is 3. The molecule has 142 valence electrons. The fraction of sp³-hybridized carbons (Fsp3) is 0.364. The summed E-state index contributed by atoms with van der Waals surface area (Å²) < 4.78 is 0. The van der Waals surface area contributed by atoms with Gasteiger partial charge in [0.2, 0.25) is 11.8 Å². The summed E-state index contributed by atoms with van der Waals surface area (Å²) in [4.78, 5) is 27.8. The van der Waals surface area contributed by atoms with Crippen molar-refractivity contribution in [2.75, 3.05) is 36.4 Å². The Morgan fingerprint density at radius 1 is 0.963 bits per heavy atom. The molecule has 0 spiro atoms. The standard InChI is InChI=1S/C22H27N3O2/c1-17-5-3-4-6-19(17)7-12-22(27)23-20-8-10-21(11-9-20)25-15-13-24(14-16-25)18(2)26/h3-6,8-11H,7,12-16H2,1-2H3,(H,23,27). The summed E-state index contributed by atoms with van der Waals surface area (Å²) in [5.74, 6) is 0.166. The minimum Gasteiger partial charge on any atom is -0.368 e. The third-order valence-electron chi connectivity index (χ3n) is 5.12. The first-order valence-electron chi connectivity index (χ1n) is 9.48. The van der Waals surface area contributed by atoms with Crippen molar-refractivity contribution in [2.24, 2.45) is 0 Å². The molecule has 0 atom stereocenters. The highest BCUT2D eigenvalue weighted by Crippen LogP contribution is 2.20. The molecule has 1 fully saturated rings. The normalized spacial score (nSPS) is 14.1. The van der Waals surface area contributed by atoms with Crippen LogP contribution in [0.25, 0.3) is 0 Å². The van der Waals surface area contributed by atoms with Gasteiger partial charge < -0.3 is 15.1 Å². The molecular formula is C22H27N3O2. The van der Waals surface area contributed by atoms with E-state index in [1.54, 1.807) is 6.92 Å². The Kier molecular flexibility index (Phi) is 6.12. The summed E-state index contributed by atoms with van der Waals surface area (Å²) in [6.07, 6.45) is 1.22. The van der Waals surface area contributed by atoms with Crippen molar-refractivity contribution in [2.45, 2.75) is 26.7 Å². The van der Waals surface area contributed by atoms with Crippen LogP contribution in [0, 0.1) is 6.92 Å². The largest absolute Gasteiger partial charge is 0.368 e. The third-order valence-corrected chi connectivity index (χ3v) is 5.12. The molecule has 2 amide bonds. The number of rotatable bonds is 5. The Balaban J connectivity index is 1.49. The number of nitrogens with zero attached hydrogens (tertiary/aromatic N) is 2. The number of benzene rings is 2. The van der Waals surface area contributed by atoms with Gasteiger partial charge in [-0.3, -0.25) is 9.59 Å². The van der Waals surface area contributed by atoms with Gasteiger partial charge in [-0.05, 0) is 48.7 Å². The number of piperazine rings is 1. The lowest BCUT2D eigenvalue weighted by molar-refractivity contribution is -0.129. The van der Waals surface area contributed by atoms with Crippen molar-refractivity contribution in [3.05, 3.63) is 59.7 Å². The summed E-state index contributed by atoms with van der Waals surface area (Å²) in [7, 11) is 0. The van der Waals surface area contributed by atoms with Crippen LogP contribution in [0.15, 0.2) is 48.5 Å². The molecule has 0 aliphatic carbocycles. The number of aryl methyl sites for hydroxylation is 2. The van der Waals surface area contributed by atoms with Crippen LogP contribution in [0.2, 0.25) is 0 Å². The lowest BCUT2D eigenvalue weighted by atomic mass is 10.0. The first-order chi connectivity index (χ1) is 13.0. The molecule has 3 rings (SSSR count). The van der Waals surface area contributed by atoms with Gasteiger partial charge in [-0.25, -0.2) is 0 Å². The Morgan fingerprint density at radius 2 is 1.63 bits per heavy atom. The second kappa shape index (κ2) is 8.71. The molecule has 2 aromatic rings. The fourth-order valence-corrected chi connectivity index (χ4v) is 3.40. The number of nitrogens with one attached hydrogen (secondary N) is 1. The van der Waals surface area contributed by atoms with Crippen LogP contribution in [0.4, 0.5) is 11.4 Å². The molecule has 1 N–H and O–H groups in total. The molecule has 0 aromatic heterocycles. The van der Waals surface area contributed by atoms with Gasteiger partial charge in [0, 0.05) is 50.9 Å². The van der Waals surface area contributed by atoms with E-state index in [0.29, 0.717) is 6.42 Å². The van der Waals surface area contributed by atoms with Crippen LogP contribution in [0.3, 0.4) is 0 Å². The number of carbonyl (C=O) groups is 2. The van der Waals surface area contributed by atoms with Gasteiger partial charge >= 0.3 is 0 Å². The third kappa shape index (κ3) is 5.09. The van der Waals surface area contributed by atoms with Gasteiger partial charge in [-0.2, -0.15) is 0 Å². The average molecular weight is 365 g/mol. The molecule has 0 radical (unpaired) electrons. The lowest BCUT2D eigenvalue weighted by Gasteiger charge is -2.35. The topological polar surface area (TPSA) is 52.7 Å². The van der Waals surface area contributed by atoms with E-state index in [0.717, 1.165) is 44.0 Å². The number of anilines is 2. The van der Waals surface area contributed by atoms with Crippen LogP contribution in [-0.4, -0.2) is 42.9 Å². The summed E-state index contributed by atoms with van der Waals surface area (Å²) in [6, 6.07) is 16.1. The zero-order valence-corrected chi connectivity index (χ0v) is 16.1. The summed E-state index contributed by atoms with van der Waals surface area (Å²) in [6.45, 7) is 6.87. The van der Waals surface area contributed by atoms with Gasteiger partial charge in [-0.15, -0.1) is 0 Å². The van der Waals surface area contributed by atoms with E-state index in [4.69, 9.17) is 0 Å². The maximum Gasteiger partial charge on any atom is 0.224 e. The molecule has 0 saturated carbocycles. The van der Waals surface area contributed by atoms with Crippen molar-refractivity contribution in [1.82, 2.24) is 4.90 Å². The second-order valence-corrected chi connectivity index (χ2v) is 7.01. The Morgan fingerprint density at radius 3 is 2.26 bits per heavy atom. The monoisotopic (exact) mass is 365 g/mol. The van der Waals surface area contributed by atoms with Gasteiger partial charge in [-0.1, -0.05) is 24.3 Å². The van der Waals surface area contributed by atoms with Crippen molar-refractivity contribution in [3.63, 3.8) is 0 Å². The van der Waals surface area contributed by atoms with Crippen molar-refractivity contribution in [1.29, 1.82) is 0 Å². The molecule has 27 heavy (non-hydrogen) atoms. The van der Waals surface area contributed by atoms with Crippen molar-refractivity contribution >= 4 is 23.2 Å². The maximum absolute atomic E-state index is 12.2. The minimum atomic E-state index is 0.0288. The van der Waals surface area contributed by atoms with E-state index < -0.39 is 0 Å². The highest BCUT2D eigenvalue weighted by molar-refractivity contribution is 5.91. The van der Waals surface area contributed by atoms with E-state index in [9.17, 15) is 9.59 Å². The molecule has 1 aliphatic heterocycles. The number of hydrogen-bond donors (Lipinski definition) is 1. The smallest absolute Gasteiger partial charge is 0.224 e. The first-order valence-corrected chi connectivity index (χ1v) is 9.48. The van der Waals surface area contributed by atoms with E-state index in [1.165, 1.54) is 11.1 Å². The Hall–Kier alpha value is -2.82. The predicted molar refractivity (Wildman–Crippen MR) is 109 cm³/mol. The predicted octanol–water partition coefficient (Wildman–Crippen LogP) is 3.23.